The topological polar surface area (TPSA) is 40.1 Å². The lowest BCUT2D eigenvalue weighted by atomic mass is 10.4. The van der Waals surface area contributed by atoms with Gasteiger partial charge in [0, 0.05) is 4.88 Å². The third-order valence-electron chi connectivity index (χ3n) is 1.15. The van der Waals surface area contributed by atoms with E-state index in [0.29, 0.717) is 4.21 Å². The van der Waals surface area contributed by atoms with Gasteiger partial charge in [-0.25, -0.2) is 0 Å². The van der Waals surface area contributed by atoms with E-state index in [1.54, 1.807) is 6.07 Å². The van der Waals surface area contributed by atoms with Crippen LogP contribution in [0.1, 0.15) is 11.8 Å². The number of hydrogen-bond acceptors (Lipinski definition) is 3. The summed E-state index contributed by atoms with van der Waals surface area (Å²) in [4.78, 5) is 1.11. The highest BCUT2D eigenvalue weighted by Crippen LogP contribution is 2.18. The van der Waals surface area contributed by atoms with E-state index in [-0.39, 0.29) is 0 Å². The zero-order valence-electron chi connectivity index (χ0n) is 5.49. The molecule has 0 amide bonds. The van der Waals surface area contributed by atoms with Gasteiger partial charge in [-0.15, -0.1) is 11.3 Å². The molecule has 1 aromatic heterocycles. The van der Waals surface area contributed by atoms with Crippen molar-refractivity contribution < 1.29 is 8.76 Å². The van der Waals surface area contributed by atoms with Gasteiger partial charge in [0.25, 0.3) is 0 Å². The molecule has 1 atom stereocenters. The summed E-state index contributed by atoms with van der Waals surface area (Å²) < 4.78 is 21.1. The second-order valence-corrected chi connectivity index (χ2v) is 4.14. The molecule has 2 nitrogen and oxygen atoms in total. The number of aryl methyl sites for hydroxylation is 1. The first-order valence-corrected chi connectivity index (χ1v) is 4.81. The van der Waals surface area contributed by atoms with E-state index in [1.165, 1.54) is 11.3 Å². The van der Waals surface area contributed by atoms with Crippen LogP contribution in [0.4, 0.5) is 0 Å². The molecule has 1 rings (SSSR count). The number of hydrogen-bond donors (Lipinski definition) is 0. The highest BCUT2D eigenvalue weighted by molar-refractivity contribution is 7.81. The molecular weight excluding hydrogens is 168 g/mol. The van der Waals surface area contributed by atoms with Crippen molar-refractivity contribution >= 4 is 22.4 Å². The van der Waals surface area contributed by atoms with E-state index in [0.717, 1.165) is 11.3 Å². The van der Waals surface area contributed by atoms with Crippen molar-refractivity contribution in [1.29, 1.82) is 0 Å². The molecule has 1 heterocycles. The maximum absolute atomic E-state index is 10.3. The van der Waals surface area contributed by atoms with Crippen LogP contribution in [-0.4, -0.2) is 8.76 Å². The number of rotatable bonds is 2. The third kappa shape index (κ3) is 1.65. The van der Waals surface area contributed by atoms with E-state index in [2.05, 4.69) is 0 Å². The molecular formula is C6H7O2S2-. The maximum atomic E-state index is 10.3. The number of thiophene rings is 1. The van der Waals surface area contributed by atoms with Gasteiger partial charge >= 0.3 is 0 Å². The van der Waals surface area contributed by atoms with Crippen LogP contribution < -0.4 is 0 Å². The predicted octanol–water partition coefficient (Wildman–Crippen LogP) is 1.55. The largest absolute Gasteiger partial charge is 0.768 e. The first-order valence-electron chi connectivity index (χ1n) is 2.92. The zero-order valence-corrected chi connectivity index (χ0v) is 7.13. The molecule has 0 fully saturated rings. The quantitative estimate of drug-likeness (QED) is 0.640. The third-order valence-corrected chi connectivity index (χ3v) is 3.30. The van der Waals surface area contributed by atoms with Crippen LogP contribution in [0.2, 0.25) is 0 Å². The van der Waals surface area contributed by atoms with Crippen molar-refractivity contribution in [2.45, 2.75) is 17.6 Å². The minimum atomic E-state index is -2.04. The van der Waals surface area contributed by atoms with E-state index < -0.39 is 11.1 Å². The Balaban J connectivity index is 2.88. The molecule has 4 heteroatoms. The van der Waals surface area contributed by atoms with Gasteiger partial charge in [0.15, 0.2) is 0 Å². The molecule has 0 saturated carbocycles. The second kappa shape index (κ2) is 3.27. The Labute approximate surface area is 66.2 Å². The molecule has 10 heavy (non-hydrogen) atoms. The summed E-state index contributed by atoms with van der Waals surface area (Å²) in [6.45, 7) is 2.00. The van der Waals surface area contributed by atoms with Crippen LogP contribution >= 0.6 is 11.3 Å². The van der Waals surface area contributed by atoms with Crippen molar-refractivity contribution in [2.75, 3.05) is 0 Å². The predicted molar refractivity (Wildman–Crippen MR) is 40.9 cm³/mol. The van der Waals surface area contributed by atoms with Crippen molar-refractivity contribution in [3.8, 4) is 0 Å². The van der Waals surface area contributed by atoms with Gasteiger partial charge in [0.05, 0.1) is 4.21 Å². The lowest BCUT2D eigenvalue weighted by molar-refractivity contribution is 0.539. The lowest BCUT2D eigenvalue weighted by Crippen LogP contribution is -1.80. The van der Waals surface area contributed by atoms with E-state index in [9.17, 15) is 8.76 Å². The summed E-state index contributed by atoms with van der Waals surface area (Å²) in [5, 5.41) is 0. The minimum Gasteiger partial charge on any atom is -0.768 e. The summed E-state index contributed by atoms with van der Waals surface area (Å²) in [6.07, 6.45) is 0.905. The molecule has 0 aliphatic carbocycles. The molecule has 56 valence electrons. The van der Waals surface area contributed by atoms with Gasteiger partial charge in [-0.05, 0) is 29.6 Å². The fourth-order valence-electron chi connectivity index (χ4n) is 0.638. The monoisotopic (exact) mass is 175 g/mol. The average molecular weight is 175 g/mol. The lowest BCUT2D eigenvalue weighted by Gasteiger charge is -1.97. The molecule has 0 spiro atoms. The molecule has 0 radical (unpaired) electrons. The Morgan fingerprint density at radius 3 is 2.70 bits per heavy atom. The molecule has 1 aromatic rings. The summed E-state index contributed by atoms with van der Waals surface area (Å²) >= 11 is -0.713. The van der Waals surface area contributed by atoms with Crippen LogP contribution in [0.25, 0.3) is 0 Å². The summed E-state index contributed by atoms with van der Waals surface area (Å²) in [6, 6.07) is 3.47. The molecule has 0 aliphatic rings. The van der Waals surface area contributed by atoms with Gasteiger partial charge in [0.2, 0.25) is 0 Å². The van der Waals surface area contributed by atoms with Crippen molar-refractivity contribution in [1.82, 2.24) is 0 Å². The fourth-order valence-corrected chi connectivity index (χ4v) is 2.09. The zero-order chi connectivity index (χ0) is 7.56. The van der Waals surface area contributed by atoms with Crippen LogP contribution in [0.15, 0.2) is 16.3 Å². The smallest absolute Gasteiger partial charge is 0.0774 e. The molecule has 0 saturated heterocycles. The van der Waals surface area contributed by atoms with Crippen LogP contribution in [0.3, 0.4) is 0 Å². The Morgan fingerprint density at radius 2 is 2.40 bits per heavy atom. The van der Waals surface area contributed by atoms with Crippen molar-refractivity contribution in [3.05, 3.63) is 17.0 Å². The van der Waals surface area contributed by atoms with Crippen molar-refractivity contribution in [3.63, 3.8) is 0 Å². The van der Waals surface area contributed by atoms with E-state index in [4.69, 9.17) is 0 Å². The normalized spacial score (nSPS) is 13.4. The maximum Gasteiger partial charge on any atom is 0.0774 e. The average Bonchev–Trinajstić information content (AvgIpc) is 2.34. The highest BCUT2D eigenvalue weighted by atomic mass is 32.2. The standard InChI is InChI=1S/C6H8O2S2/c1-2-5-3-4-6(9-5)10(7)8/h3-4H,2H2,1H3,(H,7,8)/p-1. The fraction of sp³-hybridized carbons (Fsp3) is 0.333. The van der Waals surface area contributed by atoms with Gasteiger partial charge in [0.1, 0.15) is 0 Å². The minimum absolute atomic E-state index is 0.428. The summed E-state index contributed by atoms with van der Waals surface area (Å²) in [5.41, 5.74) is 0. The van der Waals surface area contributed by atoms with Gasteiger partial charge in [-0.3, -0.25) is 4.21 Å². The van der Waals surface area contributed by atoms with Gasteiger partial charge in [-0.2, -0.15) is 0 Å². The Hall–Kier alpha value is -0.190. The Morgan fingerprint density at radius 1 is 1.70 bits per heavy atom. The summed E-state index contributed by atoms with van der Waals surface area (Å²) in [7, 11) is 0. The van der Waals surface area contributed by atoms with Crippen LogP contribution in [0, 0.1) is 0 Å². The van der Waals surface area contributed by atoms with Gasteiger partial charge < -0.3 is 4.55 Å². The van der Waals surface area contributed by atoms with Crippen LogP contribution in [-0.2, 0) is 17.5 Å². The van der Waals surface area contributed by atoms with E-state index >= 15 is 0 Å². The van der Waals surface area contributed by atoms with Crippen LogP contribution in [0.5, 0.6) is 0 Å². The summed E-state index contributed by atoms with van der Waals surface area (Å²) in [5.74, 6) is 0. The Kier molecular flexibility index (Phi) is 2.59. The van der Waals surface area contributed by atoms with E-state index in [1.807, 2.05) is 13.0 Å². The first-order chi connectivity index (χ1) is 4.74. The Bertz CT molecular complexity index is 242. The first kappa shape index (κ1) is 7.91. The molecule has 0 aromatic carbocycles. The van der Waals surface area contributed by atoms with Crippen molar-refractivity contribution in [2.24, 2.45) is 0 Å². The highest BCUT2D eigenvalue weighted by Gasteiger charge is 1.96. The molecule has 0 bridgehead atoms. The molecule has 1 unspecified atom stereocenters. The molecule has 0 N–H and O–H groups in total. The SMILES string of the molecule is CCc1ccc(S(=O)[O-])s1. The molecule has 0 aliphatic heterocycles. The van der Waals surface area contributed by atoms with Gasteiger partial charge in [-0.1, -0.05) is 6.92 Å². The second-order valence-electron chi connectivity index (χ2n) is 1.81.